The van der Waals surface area contributed by atoms with Crippen LogP contribution in [0, 0.1) is 0 Å². The fraction of sp³-hybridized carbons (Fsp3) is 0.364. The summed E-state index contributed by atoms with van der Waals surface area (Å²) in [5, 5.41) is 25.1. The minimum atomic E-state index is -0.392. The topological polar surface area (TPSA) is 117 Å². The lowest BCUT2D eigenvalue weighted by Crippen LogP contribution is -2.37. The summed E-state index contributed by atoms with van der Waals surface area (Å²) < 4.78 is 10.1. The first-order valence-corrected chi connectivity index (χ1v) is 9.70. The zero-order valence-corrected chi connectivity index (χ0v) is 17.2. The van der Waals surface area contributed by atoms with Gasteiger partial charge in [-0.1, -0.05) is 12.1 Å². The second-order valence-electron chi connectivity index (χ2n) is 6.69. The summed E-state index contributed by atoms with van der Waals surface area (Å²) in [6.45, 7) is 0.219. The predicted octanol–water partition coefficient (Wildman–Crippen LogP) is 2.10. The van der Waals surface area contributed by atoms with Crippen LogP contribution in [0.25, 0.3) is 0 Å². The van der Waals surface area contributed by atoms with Crippen LogP contribution in [0.2, 0.25) is 0 Å². The number of aromatic hydroxyl groups is 1. The number of aliphatic hydroxyl groups is 1. The Morgan fingerprint density at radius 1 is 1.03 bits per heavy atom. The number of ether oxygens (including phenoxy) is 2. The van der Waals surface area contributed by atoms with Gasteiger partial charge in [0.25, 0.3) is 11.8 Å². The molecule has 2 amide bonds. The van der Waals surface area contributed by atoms with Crippen molar-refractivity contribution in [2.24, 2.45) is 0 Å². The van der Waals surface area contributed by atoms with Gasteiger partial charge >= 0.3 is 0 Å². The lowest BCUT2D eigenvalue weighted by atomic mass is 10.1. The van der Waals surface area contributed by atoms with Crippen LogP contribution in [0.1, 0.15) is 40.0 Å². The van der Waals surface area contributed by atoms with Gasteiger partial charge < -0.3 is 30.3 Å². The molecular formula is C22H28N2O6. The molecule has 0 saturated carbocycles. The van der Waals surface area contributed by atoms with Gasteiger partial charge in [-0.2, -0.15) is 0 Å². The molecule has 2 aromatic rings. The summed E-state index contributed by atoms with van der Waals surface area (Å²) >= 11 is 0. The number of carbonyl (C=O) groups excluding carboxylic acids is 2. The molecule has 2 aromatic carbocycles. The van der Waals surface area contributed by atoms with Gasteiger partial charge in [-0.05, 0) is 49.6 Å². The standard InChI is InChI=1S/C22H28N2O6/c1-29-17-9-5-7-15(13-17)21(27)24-16(14-25)8-3-4-12-23-22(28)18-10-6-11-19(30-2)20(18)26/h5-7,9-11,13,16,25-26H,3-4,8,12,14H2,1-2H3,(H,23,28)(H,24,27)/t16-/m0/s1. The summed E-state index contributed by atoms with van der Waals surface area (Å²) in [6.07, 6.45) is 1.91. The first-order chi connectivity index (χ1) is 14.5. The van der Waals surface area contributed by atoms with Gasteiger partial charge in [-0.15, -0.1) is 0 Å². The number of hydrogen-bond acceptors (Lipinski definition) is 6. The molecule has 0 bridgehead atoms. The van der Waals surface area contributed by atoms with Gasteiger partial charge in [0.15, 0.2) is 11.5 Å². The Hall–Kier alpha value is -3.26. The molecule has 2 rings (SSSR count). The van der Waals surface area contributed by atoms with Crippen LogP contribution in [0.5, 0.6) is 17.2 Å². The molecule has 0 radical (unpaired) electrons. The molecule has 0 saturated heterocycles. The van der Waals surface area contributed by atoms with Gasteiger partial charge in [-0.25, -0.2) is 0 Å². The average molecular weight is 416 g/mol. The second kappa shape index (κ2) is 11.7. The third kappa shape index (κ3) is 6.38. The van der Waals surface area contributed by atoms with E-state index in [1.807, 2.05) is 0 Å². The number of methoxy groups -OCH3 is 2. The van der Waals surface area contributed by atoms with Crippen molar-refractivity contribution in [2.75, 3.05) is 27.4 Å². The Kier molecular flexibility index (Phi) is 8.96. The van der Waals surface area contributed by atoms with E-state index in [9.17, 15) is 19.8 Å². The molecule has 162 valence electrons. The van der Waals surface area contributed by atoms with E-state index in [1.165, 1.54) is 20.3 Å². The Balaban J connectivity index is 1.75. The highest BCUT2D eigenvalue weighted by Gasteiger charge is 2.15. The number of nitrogens with one attached hydrogen (secondary N) is 2. The molecule has 0 aliphatic rings. The van der Waals surface area contributed by atoms with Crippen LogP contribution in [0.15, 0.2) is 42.5 Å². The fourth-order valence-electron chi connectivity index (χ4n) is 2.93. The predicted molar refractivity (Wildman–Crippen MR) is 112 cm³/mol. The first kappa shape index (κ1) is 23.0. The molecule has 0 aliphatic carbocycles. The van der Waals surface area contributed by atoms with Crippen molar-refractivity contribution in [2.45, 2.75) is 25.3 Å². The zero-order valence-electron chi connectivity index (χ0n) is 17.2. The van der Waals surface area contributed by atoms with E-state index >= 15 is 0 Å². The van der Waals surface area contributed by atoms with E-state index in [0.29, 0.717) is 37.1 Å². The largest absolute Gasteiger partial charge is 0.504 e. The monoisotopic (exact) mass is 416 g/mol. The molecule has 0 aromatic heterocycles. The number of phenols is 1. The van der Waals surface area contributed by atoms with Gasteiger partial charge in [0, 0.05) is 12.1 Å². The zero-order chi connectivity index (χ0) is 21.9. The number of amides is 2. The molecule has 0 spiro atoms. The Morgan fingerprint density at radius 3 is 2.50 bits per heavy atom. The number of hydrogen-bond donors (Lipinski definition) is 4. The van der Waals surface area contributed by atoms with Gasteiger partial charge in [0.2, 0.25) is 0 Å². The lowest BCUT2D eigenvalue weighted by molar-refractivity contribution is 0.0911. The number of rotatable bonds is 11. The molecule has 1 atom stereocenters. The average Bonchev–Trinajstić information content (AvgIpc) is 2.77. The van der Waals surface area contributed by atoms with Crippen molar-refractivity contribution in [1.29, 1.82) is 0 Å². The first-order valence-electron chi connectivity index (χ1n) is 9.70. The third-order valence-corrected chi connectivity index (χ3v) is 4.62. The molecule has 0 fully saturated rings. The van der Waals surface area contributed by atoms with Crippen molar-refractivity contribution in [1.82, 2.24) is 10.6 Å². The highest BCUT2D eigenvalue weighted by atomic mass is 16.5. The van der Waals surface area contributed by atoms with Gasteiger partial charge in [0.1, 0.15) is 5.75 Å². The van der Waals surface area contributed by atoms with E-state index in [4.69, 9.17) is 9.47 Å². The number of phenolic OH excluding ortho intramolecular Hbond substituents is 1. The van der Waals surface area contributed by atoms with Crippen LogP contribution in [-0.4, -0.2) is 55.4 Å². The summed E-state index contributed by atoms with van der Waals surface area (Å²) in [4.78, 5) is 24.5. The Morgan fingerprint density at radius 2 is 1.80 bits per heavy atom. The highest BCUT2D eigenvalue weighted by Crippen LogP contribution is 2.29. The molecule has 4 N–H and O–H groups in total. The maximum absolute atomic E-state index is 12.3. The third-order valence-electron chi connectivity index (χ3n) is 4.62. The smallest absolute Gasteiger partial charge is 0.255 e. The van der Waals surface area contributed by atoms with E-state index < -0.39 is 5.91 Å². The van der Waals surface area contributed by atoms with Crippen molar-refractivity contribution < 1.29 is 29.3 Å². The summed E-state index contributed by atoms with van der Waals surface area (Å²) in [5.41, 5.74) is 0.603. The number of carbonyl (C=O) groups is 2. The second-order valence-corrected chi connectivity index (χ2v) is 6.69. The molecule has 30 heavy (non-hydrogen) atoms. The van der Waals surface area contributed by atoms with Gasteiger partial charge in [-0.3, -0.25) is 9.59 Å². The fourth-order valence-corrected chi connectivity index (χ4v) is 2.93. The Bertz CT molecular complexity index is 855. The molecule has 0 unspecified atom stereocenters. The number of aliphatic hydroxyl groups excluding tert-OH is 1. The minimum absolute atomic E-state index is 0.146. The van der Waals surface area contributed by atoms with Crippen molar-refractivity contribution in [3.05, 3.63) is 53.6 Å². The number of para-hydroxylation sites is 1. The van der Waals surface area contributed by atoms with E-state index in [2.05, 4.69) is 10.6 Å². The van der Waals surface area contributed by atoms with Crippen LogP contribution in [0.4, 0.5) is 0 Å². The van der Waals surface area contributed by atoms with Crippen molar-refractivity contribution in [3.63, 3.8) is 0 Å². The maximum atomic E-state index is 12.3. The normalized spacial score (nSPS) is 11.4. The molecule has 8 nitrogen and oxygen atoms in total. The maximum Gasteiger partial charge on any atom is 0.255 e. The van der Waals surface area contributed by atoms with Crippen LogP contribution >= 0.6 is 0 Å². The quantitative estimate of drug-likeness (QED) is 0.417. The highest BCUT2D eigenvalue weighted by molar-refractivity contribution is 5.97. The van der Waals surface area contributed by atoms with Crippen LogP contribution in [-0.2, 0) is 0 Å². The summed E-state index contributed by atoms with van der Waals surface area (Å²) in [7, 11) is 2.95. The van der Waals surface area contributed by atoms with E-state index in [-0.39, 0.29) is 35.6 Å². The lowest BCUT2D eigenvalue weighted by Gasteiger charge is -2.16. The molecule has 8 heteroatoms. The van der Waals surface area contributed by atoms with Crippen molar-refractivity contribution in [3.8, 4) is 17.2 Å². The molecule has 0 heterocycles. The van der Waals surface area contributed by atoms with Gasteiger partial charge in [0.05, 0.1) is 32.4 Å². The van der Waals surface area contributed by atoms with E-state index in [0.717, 1.165) is 0 Å². The van der Waals surface area contributed by atoms with E-state index in [1.54, 1.807) is 36.4 Å². The minimum Gasteiger partial charge on any atom is -0.504 e. The number of unbranched alkanes of at least 4 members (excludes halogenated alkanes) is 1. The van der Waals surface area contributed by atoms with Crippen LogP contribution in [0.3, 0.4) is 0 Å². The molecule has 0 aliphatic heterocycles. The Labute approximate surface area is 175 Å². The SMILES string of the molecule is COc1cccc(C(=O)N[C@H](CO)CCCCNC(=O)c2cccc(OC)c2O)c1. The summed E-state index contributed by atoms with van der Waals surface area (Å²) in [5.74, 6) is -0.0504. The van der Waals surface area contributed by atoms with Crippen molar-refractivity contribution >= 4 is 11.8 Å². The summed E-state index contributed by atoms with van der Waals surface area (Å²) in [6, 6.07) is 11.1. The number of benzene rings is 2. The molecular weight excluding hydrogens is 388 g/mol. The van der Waals surface area contributed by atoms with Crippen LogP contribution < -0.4 is 20.1 Å².